The monoisotopic (exact) mass is 333 g/mol. The Morgan fingerprint density at radius 3 is 2.71 bits per heavy atom. The summed E-state index contributed by atoms with van der Waals surface area (Å²) >= 11 is 0. The molecule has 2 aromatic rings. The first-order chi connectivity index (χ1) is 11.6. The van der Waals surface area contributed by atoms with Crippen molar-refractivity contribution in [2.75, 3.05) is 0 Å². The Morgan fingerprint density at radius 2 is 2.04 bits per heavy atom. The van der Waals surface area contributed by atoms with Crippen LogP contribution in [0.25, 0.3) is 0 Å². The molecule has 2 heterocycles. The van der Waals surface area contributed by atoms with Crippen molar-refractivity contribution in [1.29, 1.82) is 0 Å². The van der Waals surface area contributed by atoms with E-state index < -0.39 is 18.2 Å². The van der Waals surface area contributed by atoms with Gasteiger partial charge in [0.25, 0.3) is 0 Å². The maximum absolute atomic E-state index is 12.9. The molecule has 2 unspecified atom stereocenters. The van der Waals surface area contributed by atoms with E-state index in [-0.39, 0.29) is 36.1 Å². The summed E-state index contributed by atoms with van der Waals surface area (Å²) in [4.78, 5) is 12.3. The predicted molar refractivity (Wildman–Crippen MR) is 86.4 cm³/mol. The van der Waals surface area contributed by atoms with Crippen molar-refractivity contribution in [3.05, 3.63) is 63.7 Å². The summed E-state index contributed by atoms with van der Waals surface area (Å²) in [6, 6.07) is 10.8. The number of alkyl halides is 1. The molecule has 0 amide bonds. The van der Waals surface area contributed by atoms with Crippen molar-refractivity contribution < 1.29 is 18.3 Å². The lowest BCUT2D eigenvalue weighted by atomic mass is 10.2. The minimum absolute atomic E-state index is 0.0270. The molecule has 3 rings (SSSR count). The molecule has 0 bridgehead atoms. The van der Waals surface area contributed by atoms with Gasteiger partial charge in [-0.25, -0.2) is 4.39 Å². The van der Waals surface area contributed by atoms with E-state index in [0.717, 1.165) is 11.6 Å². The average Bonchev–Trinajstić information content (AvgIpc) is 3.32. The van der Waals surface area contributed by atoms with E-state index in [0.29, 0.717) is 0 Å². The Kier molecular flexibility index (Phi) is 4.97. The van der Waals surface area contributed by atoms with E-state index in [9.17, 15) is 9.18 Å². The van der Waals surface area contributed by atoms with Crippen LogP contribution >= 0.6 is 0 Å². The molecule has 1 aromatic carbocycles. The van der Waals surface area contributed by atoms with Crippen LogP contribution in [0.3, 0.4) is 0 Å². The van der Waals surface area contributed by atoms with Gasteiger partial charge in [0.2, 0.25) is 11.2 Å². The Morgan fingerprint density at radius 1 is 1.29 bits per heavy atom. The molecule has 2 atom stereocenters. The largest absolute Gasteiger partial charge is 0.482 e. The number of epoxide rings is 1. The van der Waals surface area contributed by atoms with Crippen LogP contribution < -0.4 is 15.5 Å². The highest BCUT2D eigenvalue weighted by Gasteiger charge is 2.45. The van der Waals surface area contributed by atoms with E-state index in [1.54, 1.807) is 0 Å². The van der Waals surface area contributed by atoms with Gasteiger partial charge in [0.1, 0.15) is 25.3 Å². The molecule has 0 saturated carbocycles. The fraction of sp³-hybridized carbons (Fsp3) is 0.389. The highest BCUT2D eigenvalue weighted by molar-refractivity contribution is 5.31. The summed E-state index contributed by atoms with van der Waals surface area (Å²) in [5.41, 5.74) is 0.518. The van der Waals surface area contributed by atoms with Gasteiger partial charge in [-0.3, -0.25) is 10.1 Å². The third kappa shape index (κ3) is 3.83. The molecule has 1 aliphatic rings. The molecular formula is C18H20FNO4. The van der Waals surface area contributed by atoms with Crippen molar-refractivity contribution in [2.24, 2.45) is 0 Å². The SMILES string of the molecule is CC(C)NC1OC1c1oc(CF)cc(=O)c1OCc1ccccc1. The fourth-order valence-electron chi connectivity index (χ4n) is 2.44. The molecule has 0 aliphatic carbocycles. The second-order valence-electron chi connectivity index (χ2n) is 5.98. The highest BCUT2D eigenvalue weighted by atomic mass is 19.1. The van der Waals surface area contributed by atoms with E-state index in [1.165, 1.54) is 0 Å². The van der Waals surface area contributed by atoms with Gasteiger partial charge in [-0.15, -0.1) is 0 Å². The average molecular weight is 333 g/mol. The first-order valence-corrected chi connectivity index (χ1v) is 7.89. The fourth-order valence-corrected chi connectivity index (χ4v) is 2.44. The lowest BCUT2D eigenvalue weighted by Gasteiger charge is -2.10. The molecule has 1 saturated heterocycles. The second kappa shape index (κ2) is 7.15. The summed E-state index contributed by atoms with van der Waals surface area (Å²) in [7, 11) is 0. The highest BCUT2D eigenvalue weighted by Crippen LogP contribution is 2.41. The van der Waals surface area contributed by atoms with Gasteiger partial charge in [-0.1, -0.05) is 30.3 Å². The number of hydrogen-bond acceptors (Lipinski definition) is 5. The minimum Gasteiger partial charge on any atom is -0.482 e. The van der Waals surface area contributed by atoms with E-state index in [2.05, 4.69) is 5.32 Å². The van der Waals surface area contributed by atoms with Crippen molar-refractivity contribution in [3.63, 3.8) is 0 Å². The van der Waals surface area contributed by atoms with Crippen LogP contribution in [0.4, 0.5) is 4.39 Å². The maximum atomic E-state index is 12.9. The lowest BCUT2D eigenvalue weighted by molar-refractivity contribution is 0.257. The molecule has 128 valence electrons. The summed E-state index contributed by atoms with van der Waals surface area (Å²) in [6.07, 6.45) is -0.709. The Bertz CT molecular complexity index is 744. The van der Waals surface area contributed by atoms with Crippen LogP contribution in [-0.4, -0.2) is 12.3 Å². The van der Waals surface area contributed by atoms with Crippen LogP contribution in [0.2, 0.25) is 0 Å². The standard InChI is InChI=1S/C18H20FNO4/c1-11(2)20-18-17(24-18)16-15(14(21)8-13(9-19)23-16)22-10-12-6-4-3-5-7-12/h3-8,11,17-18,20H,9-10H2,1-2H3. The van der Waals surface area contributed by atoms with Crippen molar-refractivity contribution in [3.8, 4) is 5.75 Å². The number of ether oxygens (including phenoxy) is 2. The quantitative estimate of drug-likeness (QED) is 0.789. The maximum Gasteiger partial charge on any atom is 0.227 e. The topological polar surface area (TPSA) is 64.0 Å². The summed E-state index contributed by atoms with van der Waals surface area (Å²) in [5, 5.41) is 3.19. The second-order valence-corrected chi connectivity index (χ2v) is 5.98. The van der Waals surface area contributed by atoms with Gasteiger partial charge >= 0.3 is 0 Å². The molecule has 1 fully saturated rings. The van der Waals surface area contributed by atoms with Crippen LogP contribution in [-0.2, 0) is 18.0 Å². The number of halogens is 1. The van der Waals surface area contributed by atoms with E-state index >= 15 is 0 Å². The zero-order chi connectivity index (χ0) is 17.1. The lowest BCUT2D eigenvalue weighted by Crippen LogP contribution is -2.26. The van der Waals surface area contributed by atoms with Crippen LogP contribution in [0.1, 0.15) is 37.0 Å². The third-order valence-corrected chi connectivity index (χ3v) is 3.59. The van der Waals surface area contributed by atoms with Gasteiger partial charge in [0.05, 0.1) is 0 Å². The van der Waals surface area contributed by atoms with Gasteiger partial charge in [0.15, 0.2) is 11.9 Å². The van der Waals surface area contributed by atoms with Crippen LogP contribution in [0.15, 0.2) is 45.6 Å². The Hall–Kier alpha value is -2.18. The number of benzene rings is 1. The van der Waals surface area contributed by atoms with Crippen molar-refractivity contribution in [2.45, 2.75) is 45.5 Å². The van der Waals surface area contributed by atoms with E-state index in [4.69, 9.17) is 13.9 Å². The summed E-state index contributed by atoms with van der Waals surface area (Å²) < 4.78 is 29.6. The number of hydrogen-bond donors (Lipinski definition) is 1. The molecule has 0 radical (unpaired) electrons. The zero-order valence-electron chi connectivity index (χ0n) is 13.6. The van der Waals surface area contributed by atoms with Gasteiger partial charge < -0.3 is 13.9 Å². The van der Waals surface area contributed by atoms with Crippen molar-refractivity contribution in [1.82, 2.24) is 5.32 Å². The van der Waals surface area contributed by atoms with Crippen molar-refractivity contribution >= 4 is 0 Å². The molecule has 1 N–H and O–H groups in total. The van der Waals surface area contributed by atoms with Gasteiger partial charge in [-0.05, 0) is 19.4 Å². The molecule has 0 spiro atoms. The molecule has 1 aliphatic heterocycles. The third-order valence-electron chi connectivity index (χ3n) is 3.59. The molecule has 24 heavy (non-hydrogen) atoms. The smallest absolute Gasteiger partial charge is 0.227 e. The summed E-state index contributed by atoms with van der Waals surface area (Å²) in [5.74, 6) is 0.291. The summed E-state index contributed by atoms with van der Waals surface area (Å²) in [6.45, 7) is 3.35. The molecule has 5 nitrogen and oxygen atoms in total. The number of nitrogens with one attached hydrogen (secondary N) is 1. The predicted octanol–water partition coefficient (Wildman–Crippen LogP) is 3.08. The van der Waals surface area contributed by atoms with Gasteiger partial charge in [-0.2, -0.15) is 0 Å². The normalized spacial score (nSPS) is 19.5. The van der Waals surface area contributed by atoms with Gasteiger partial charge in [0, 0.05) is 12.1 Å². The minimum atomic E-state index is -0.851. The Labute approximate surface area is 139 Å². The molecule has 6 heteroatoms. The molecule has 1 aromatic heterocycles. The first-order valence-electron chi connectivity index (χ1n) is 7.89. The first kappa shape index (κ1) is 16.7. The van der Waals surface area contributed by atoms with Crippen LogP contribution in [0.5, 0.6) is 5.75 Å². The van der Waals surface area contributed by atoms with Crippen LogP contribution in [0, 0.1) is 0 Å². The zero-order valence-corrected chi connectivity index (χ0v) is 13.6. The Balaban J connectivity index is 1.83. The van der Waals surface area contributed by atoms with E-state index in [1.807, 2.05) is 44.2 Å². The molecular weight excluding hydrogens is 313 g/mol. The number of rotatable bonds is 7.